The van der Waals surface area contributed by atoms with Crippen molar-refractivity contribution in [3.63, 3.8) is 0 Å². The van der Waals surface area contributed by atoms with Gasteiger partial charge < -0.3 is 11.1 Å². The van der Waals surface area contributed by atoms with Crippen molar-refractivity contribution in [1.29, 1.82) is 0 Å². The predicted molar refractivity (Wildman–Crippen MR) is 93.1 cm³/mol. The Hall–Kier alpha value is -2.74. The summed E-state index contributed by atoms with van der Waals surface area (Å²) in [7, 11) is 0. The number of nitrogens with one attached hydrogen (secondary N) is 1. The van der Waals surface area contributed by atoms with Gasteiger partial charge in [0.05, 0.1) is 11.9 Å². The van der Waals surface area contributed by atoms with Gasteiger partial charge >= 0.3 is 0 Å². The van der Waals surface area contributed by atoms with E-state index in [1.165, 1.54) is 12.5 Å². The number of aromatic nitrogens is 5. The summed E-state index contributed by atoms with van der Waals surface area (Å²) in [6.45, 7) is 3.87. The van der Waals surface area contributed by atoms with Crippen LogP contribution in [-0.2, 0) is 11.2 Å². The van der Waals surface area contributed by atoms with E-state index in [1.54, 1.807) is 16.6 Å². The van der Waals surface area contributed by atoms with Crippen molar-refractivity contribution >= 4 is 35.6 Å². The molecule has 1 amide bonds. The van der Waals surface area contributed by atoms with Crippen molar-refractivity contribution in [2.45, 2.75) is 26.7 Å². The van der Waals surface area contributed by atoms with Crippen LogP contribution in [0.5, 0.6) is 0 Å². The van der Waals surface area contributed by atoms with E-state index in [4.69, 9.17) is 5.73 Å². The topological polar surface area (TPSA) is 111 Å². The van der Waals surface area contributed by atoms with Crippen molar-refractivity contribution < 1.29 is 4.79 Å². The van der Waals surface area contributed by atoms with E-state index in [-0.39, 0.29) is 18.3 Å². The van der Waals surface area contributed by atoms with Crippen LogP contribution in [0, 0.1) is 13.8 Å². The third-order valence-corrected chi connectivity index (χ3v) is 3.66. The predicted octanol–water partition coefficient (Wildman–Crippen LogP) is 1.71. The Labute approximate surface area is 144 Å². The number of fused-ring (bicyclic) bond motifs is 1. The number of nitrogen functional groups attached to an aromatic ring is 1. The maximum Gasteiger partial charge on any atom is 0.252 e. The number of hydrogen-bond donors (Lipinski definition) is 2. The molecule has 0 saturated carbocycles. The van der Waals surface area contributed by atoms with E-state index in [1.807, 2.05) is 13.8 Å². The molecule has 3 rings (SSSR count). The standard InChI is InChI=1S/C15H17N7O.ClH/c1-9-12(10(2)22-15(20-9)18-8-19-22)4-6-14(23)21-11-3-5-13(16)17-7-11;/h3,5,7-8H,4,6H2,1-2H3,(H2,16,17)(H,21,23);1H. The summed E-state index contributed by atoms with van der Waals surface area (Å²) in [6.07, 6.45) is 3.93. The van der Waals surface area contributed by atoms with Gasteiger partial charge in [-0.25, -0.2) is 14.5 Å². The number of carbonyl (C=O) groups is 1. The van der Waals surface area contributed by atoms with Crippen molar-refractivity contribution in [2.24, 2.45) is 0 Å². The fourth-order valence-electron chi connectivity index (χ4n) is 2.46. The molecule has 0 aromatic carbocycles. The Kier molecular flexibility index (Phi) is 5.30. The van der Waals surface area contributed by atoms with E-state index in [0.717, 1.165) is 17.0 Å². The van der Waals surface area contributed by atoms with Gasteiger partial charge in [-0.3, -0.25) is 4.79 Å². The van der Waals surface area contributed by atoms with Crippen molar-refractivity contribution in [1.82, 2.24) is 24.6 Å². The van der Waals surface area contributed by atoms with Crippen LogP contribution in [0.15, 0.2) is 24.7 Å². The first kappa shape index (κ1) is 17.6. The zero-order valence-corrected chi connectivity index (χ0v) is 14.2. The summed E-state index contributed by atoms with van der Waals surface area (Å²) in [5.41, 5.74) is 8.97. The number of aryl methyl sites for hydroxylation is 2. The highest BCUT2D eigenvalue weighted by Gasteiger charge is 2.12. The summed E-state index contributed by atoms with van der Waals surface area (Å²) < 4.78 is 1.68. The van der Waals surface area contributed by atoms with E-state index < -0.39 is 0 Å². The van der Waals surface area contributed by atoms with Gasteiger partial charge in [0.2, 0.25) is 5.91 Å². The molecule has 0 atom stereocenters. The van der Waals surface area contributed by atoms with Gasteiger partial charge in [-0.1, -0.05) is 0 Å². The summed E-state index contributed by atoms with van der Waals surface area (Å²) >= 11 is 0. The minimum absolute atomic E-state index is 0. The van der Waals surface area contributed by atoms with Crippen LogP contribution in [0.25, 0.3) is 5.78 Å². The molecular formula is C15H18ClN7O. The van der Waals surface area contributed by atoms with Gasteiger partial charge in [-0.15, -0.1) is 12.4 Å². The number of halogens is 1. The fraction of sp³-hybridized carbons (Fsp3) is 0.267. The summed E-state index contributed by atoms with van der Waals surface area (Å²) in [5, 5.41) is 6.94. The third-order valence-electron chi connectivity index (χ3n) is 3.66. The van der Waals surface area contributed by atoms with Gasteiger partial charge in [-0.2, -0.15) is 10.1 Å². The molecule has 9 heteroatoms. The molecule has 3 heterocycles. The monoisotopic (exact) mass is 347 g/mol. The van der Waals surface area contributed by atoms with Gasteiger partial charge in [0.25, 0.3) is 5.78 Å². The highest BCUT2D eigenvalue weighted by atomic mass is 35.5. The molecule has 0 bridgehead atoms. The SMILES string of the molecule is Cc1nc2ncnn2c(C)c1CCC(=O)Nc1ccc(N)nc1.Cl. The van der Waals surface area contributed by atoms with Crippen LogP contribution < -0.4 is 11.1 Å². The van der Waals surface area contributed by atoms with Gasteiger partial charge in [0.1, 0.15) is 12.1 Å². The highest BCUT2D eigenvalue weighted by molar-refractivity contribution is 5.90. The maximum absolute atomic E-state index is 12.1. The minimum Gasteiger partial charge on any atom is -0.384 e. The zero-order chi connectivity index (χ0) is 16.4. The van der Waals surface area contributed by atoms with Crippen LogP contribution in [0.2, 0.25) is 0 Å². The van der Waals surface area contributed by atoms with E-state index in [2.05, 4.69) is 25.4 Å². The van der Waals surface area contributed by atoms with Crippen LogP contribution in [0.3, 0.4) is 0 Å². The molecular weight excluding hydrogens is 330 g/mol. The van der Waals surface area contributed by atoms with Crippen molar-refractivity contribution in [3.8, 4) is 0 Å². The number of nitrogens with zero attached hydrogens (tertiary/aromatic N) is 5. The summed E-state index contributed by atoms with van der Waals surface area (Å²) in [4.78, 5) is 24.5. The molecule has 0 radical (unpaired) electrons. The van der Waals surface area contributed by atoms with Crippen LogP contribution in [-0.4, -0.2) is 30.5 Å². The first-order valence-corrected chi connectivity index (χ1v) is 7.22. The van der Waals surface area contributed by atoms with E-state index >= 15 is 0 Å². The minimum atomic E-state index is -0.0888. The molecule has 3 aromatic heterocycles. The number of nitrogens with two attached hydrogens (primary N) is 1. The largest absolute Gasteiger partial charge is 0.384 e. The lowest BCUT2D eigenvalue weighted by atomic mass is 10.1. The number of hydrogen-bond acceptors (Lipinski definition) is 6. The van der Waals surface area contributed by atoms with Gasteiger partial charge in [0.15, 0.2) is 0 Å². The Balaban J connectivity index is 0.00000208. The summed E-state index contributed by atoms with van der Waals surface area (Å²) in [5.74, 6) is 0.900. The second-order valence-electron chi connectivity index (χ2n) is 5.25. The lowest BCUT2D eigenvalue weighted by Gasteiger charge is -2.10. The first-order chi connectivity index (χ1) is 11.0. The van der Waals surface area contributed by atoms with Crippen LogP contribution in [0.4, 0.5) is 11.5 Å². The Bertz CT molecular complexity index is 860. The fourth-order valence-corrected chi connectivity index (χ4v) is 2.46. The summed E-state index contributed by atoms with van der Waals surface area (Å²) in [6, 6.07) is 3.37. The van der Waals surface area contributed by atoms with Gasteiger partial charge in [-0.05, 0) is 38.0 Å². The van der Waals surface area contributed by atoms with E-state index in [0.29, 0.717) is 30.1 Å². The molecule has 126 valence electrons. The van der Waals surface area contributed by atoms with Crippen molar-refractivity contribution in [2.75, 3.05) is 11.1 Å². The van der Waals surface area contributed by atoms with Crippen LogP contribution >= 0.6 is 12.4 Å². The second-order valence-corrected chi connectivity index (χ2v) is 5.25. The quantitative estimate of drug-likeness (QED) is 0.743. The number of anilines is 2. The van der Waals surface area contributed by atoms with E-state index in [9.17, 15) is 4.79 Å². The maximum atomic E-state index is 12.1. The van der Waals surface area contributed by atoms with Gasteiger partial charge in [0, 0.05) is 17.8 Å². The highest BCUT2D eigenvalue weighted by Crippen LogP contribution is 2.15. The molecule has 0 spiro atoms. The molecule has 0 saturated heterocycles. The molecule has 0 fully saturated rings. The van der Waals surface area contributed by atoms with Crippen molar-refractivity contribution in [3.05, 3.63) is 41.6 Å². The molecule has 0 aliphatic heterocycles. The third kappa shape index (κ3) is 3.60. The molecule has 8 nitrogen and oxygen atoms in total. The number of amides is 1. The Morgan fingerprint density at radius 2 is 2.08 bits per heavy atom. The normalized spacial score (nSPS) is 10.4. The average molecular weight is 348 g/mol. The average Bonchev–Trinajstić information content (AvgIpc) is 2.98. The zero-order valence-electron chi connectivity index (χ0n) is 13.4. The van der Waals surface area contributed by atoms with Crippen LogP contribution in [0.1, 0.15) is 23.4 Å². The number of rotatable bonds is 4. The Morgan fingerprint density at radius 3 is 2.79 bits per heavy atom. The molecule has 24 heavy (non-hydrogen) atoms. The number of pyridine rings is 1. The number of carbonyl (C=O) groups excluding carboxylic acids is 1. The second kappa shape index (κ2) is 7.22. The molecule has 3 aromatic rings. The molecule has 0 aliphatic carbocycles. The molecule has 0 aliphatic rings. The molecule has 0 unspecified atom stereocenters. The molecule has 3 N–H and O–H groups in total. The Morgan fingerprint density at radius 1 is 1.29 bits per heavy atom. The first-order valence-electron chi connectivity index (χ1n) is 7.22. The lowest BCUT2D eigenvalue weighted by molar-refractivity contribution is -0.116. The lowest BCUT2D eigenvalue weighted by Crippen LogP contribution is -2.14. The smallest absolute Gasteiger partial charge is 0.252 e.